The molecule has 0 saturated carbocycles. The minimum absolute atomic E-state index is 0. The summed E-state index contributed by atoms with van der Waals surface area (Å²) in [6, 6.07) is 3.35. The lowest BCUT2D eigenvalue weighted by atomic mass is 10.2. The van der Waals surface area contributed by atoms with Crippen molar-refractivity contribution in [2.45, 2.75) is 6.54 Å². The van der Waals surface area contributed by atoms with Crippen LogP contribution in [-0.2, 0) is 16.1 Å². The Bertz CT molecular complexity index is 543. The average molecular weight is 433 g/mol. The third-order valence-electron chi connectivity index (χ3n) is 3.47. The number of halogens is 4. The van der Waals surface area contributed by atoms with Crippen molar-refractivity contribution in [3.63, 3.8) is 0 Å². The second kappa shape index (κ2) is 12.8. The molecule has 6 nitrogen and oxygen atoms in total. The summed E-state index contributed by atoms with van der Waals surface area (Å²) in [6.45, 7) is 5.56. The van der Waals surface area contributed by atoms with Gasteiger partial charge in [0.2, 0.25) is 0 Å². The first-order valence-electron chi connectivity index (χ1n) is 7.46. The van der Waals surface area contributed by atoms with Gasteiger partial charge >= 0.3 is 0 Å². The number of primary amides is 1. The largest absolute Gasteiger partial charge is 1.00 e. The van der Waals surface area contributed by atoms with Gasteiger partial charge in [-0.3, -0.25) is 9.69 Å². The summed E-state index contributed by atoms with van der Waals surface area (Å²) < 4.78 is 10.7. The highest BCUT2D eigenvalue weighted by Crippen LogP contribution is 2.32. The lowest BCUT2D eigenvalue weighted by molar-refractivity contribution is -0.119. The molecule has 1 aromatic rings. The van der Waals surface area contributed by atoms with Crippen LogP contribution >= 0.6 is 23.2 Å². The van der Waals surface area contributed by atoms with Crippen LogP contribution in [0.5, 0.6) is 5.75 Å². The van der Waals surface area contributed by atoms with Gasteiger partial charge in [-0.1, -0.05) is 23.2 Å². The summed E-state index contributed by atoms with van der Waals surface area (Å²) in [5.74, 6) is -0.115. The van der Waals surface area contributed by atoms with E-state index in [0.29, 0.717) is 22.3 Å². The lowest BCUT2D eigenvalue weighted by Crippen LogP contribution is -3.00. The van der Waals surface area contributed by atoms with E-state index >= 15 is 0 Å². The Morgan fingerprint density at radius 3 is 2.60 bits per heavy atom. The van der Waals surface area contributed by atoms with E-state index in [2.05, 4.69) is 10.2 Å². The normalized spacial score (nSPS) is 14.3. The van der Waals surface area contributed by atoms with Crippen molar-refractivity contribution in [1.29, 1.82) is 0 Å². The number of amides is 1. The zero-order valence-corrected chi connectivity index (χ0v) is 16.6. The predicted molar refractivity (Wildman–Crippen MR) is 90.1 cm³/mol. The SMILES string of the molecule is NC(=O)COc1c(Cl)cc(Cl)cc1CNCCN1CCOCC1.[Cl-].[Cl-]. The van der Waals surface area contributed by atoms with Crippen molar-refractivity contribution in [2.75, 3.05) is 46.0 Å². The molecule has 10 heteroatoms. The highest BCUT2D eigenvalue weighted by Gasteiger charge is 2.13. The fraction of sp³-hybridized carbons (Fsp3) is 0.533. The van der Waals surface area contributed by atoms with Crippen LogP contribution in [0.2, 0.25) is 10.0 Å². The maximum absolute atomic E-state index is 10.9. The Kier molecular flexibility index (Phi) is 12.6. The van der Waals surface area contributed by atoms with Gasteiger partial charge in [-0.05, 0) is 12.1 Å². The van der Waals surface area contributed by atoms with Crippen LogP contribution in [0.1, 0.15) is 5.56 Å². The summed E-state index contributed by atoms with van der Waals surface area (Å²) in [5.41, 5.74) is 5.91. The zero-order chi connectivity index (χ0) is 16.7. The number of rotatable bonds is 8. The van der Waals surface area contributed by atoms with E-state index in [1.165, 1.54) is 0 Å². The summed E-state index contributed by atoms with van der Waals surface area (Å²) in [5, 5.41) is 4.22. The number of morpholine rings is 1. The Morgan fingerprint density at radius 1 is 1.28 bits per heavy atom. The molecule has 0 atom stereocenters. The van der Waals surface area contributed by atoms with Crippen molar-refractivity contribution in [2.24, 2.45) is 5.73 Å². The number of benzene rings is 1. The van der Waals surface area contributed by atoms with Gasteiger partial charge in [-0.15, -0.1) is 0 Å². The van der Waals surface area contributed by atoms with E-state index in [9.17, 15) is 4.79 Å². The van der Waals surface area contributed by atoms with Crippen molar-refractivity contribution >= 4 is 29.1 Å². The molecule has 144 valence electrons. The molecule has 0 aliphatic carbocycles. The maximum atomic E-state index is 10.9. The Hall–Kier alpha value is -0.470. The highest BCUT2D eigenvalue weighted by molar-refractivity contribution is 6.35. The third kappa shape index (κ3) is 8.64. The Morgan fingerprint density at radius 2 is 1.96 bits per heavy atom. The van der Waals surface area contributed by atoms with E-state index < -0.39 is 5.91 Å². The Balaban J connectivity index is 0.00000288. The molecule has 1 aromatic carbocycles. The molecule has 0 radical (unpaired) electrons. The molecular weight excluding hydrogens is 412 g/mol. The molecule has 1 saturated heterocycles. The smallest absolute Gasteiger partial charge is 0.255 e. The number of carbonyl (C=O) groups excluding carboxylic acids is 1. The number of hydrogen-bond acceptors (Lipinski definition) is 5. The van der Waals surface area contributed by atoms with Crippen molar-refractivity contribution < 1.29 is 39.1 Å². The van der Waals surface area contributed by atoms with Gasteiger partial charge < -0.3 is 45.3 Å². The van der Waals surface area contributed by atoms with Crippen LogP contribution in [0.15, 0.2) is 12.1 Å². The molecule has 2 rings (SSSR count). The molecule has 1 aliphatic heterocycles. The van der Waals surface area contributed by atoms with Crippen LogP contribution in [0.3, 0.4) is 0 Å². The van der Waals surface area contributed by atoms with Crippen LogP contribution < -0.4 is 40.6 Å². The van der Waals surface area contributed by atoms with Crippen LogP contribution in [-0.4, -0.2) is 56.8 Å². The second-order valence-corrected chi connectivity index (χ2v) is 6.11. The fourth-order valence-electron chi connectivity index (χ4n) is 2.33. The van der Waals surface area contributed by atoms with Gasteiger partial charge in [0.1, 0.15) is 5.75 Å². The summed E-state index contributed by atoms with van der Waals surface area (Å²) in [7, 11) is 0. The van der Waals surface area contributed by atoms with Gasteiger partial charge in [0.15, 0.2) is 6.61 Å². The minimum atomic E-state index is -0.553. The van der Waals surface area contributed by atoms with E-state index in [-0.39, 0.29) is 31.4 Å². The zero-order valence-electron chi connectivity index (χ0n) is 13.6. The van der Waals surface area contributed by atoms with E-state index in [0.717, 1.165) is 45.0 Å². The molecule has 0 aromatic heterocycles. The van der Waals surface area contributed by atoms with Crippen LogP contribution in [0.4, 0.5) is 0 Å². The van der Waals surface area contributed by atoms with Gasteiger partial charge in [-0.25, -0.2) is 0 Å². The van der Waals surface area contributed by atoms with Gasteiger partial charge in [0.05, 0.1) is 18.2 Å². The van der Waals surface area contributed by atoms with Gasteiger partial charge in [-0.2, -0.15) is 0 Å². The third-order valence-corrected chi connectivity index (χ3v) is 3.97. The van der Waals surface area contributed by atoms with Crippen molar-refractivity contribution in [1.82, 2.24) is 10.2 Å². The Labute approximate surface area is 170 Å². The van der Waals surface area contributed by atoms with E-state index in [1.807, 2.05) is 0 Å². The molecule has 25 heavy (non-hydrogen) atoms. The predicted octanol–water partition coefficient (Wildman–Crippen LogP) is -4.71. The molecule has 0 unspecified atom stereocenters. The van der Waals surface area contributed by atoms with E-state index in [1.54, 1.807) is 12.1 Å². The molecule has 1 aliphatic rings. The second-order valence-electron chi connectivity index (χ2n) is 5.26. The average Bonchev–Trinajstić information content (AvgIpc) is 2.51. The van der Waals surface area contributed by atoms with Gasteiger partial charge in [0, 0.05) is 43.3 Å². The number of nitrogens with zero attached hydrogens (tertiary/aromatic N) is 1. The molecule has 1 fully saturated rings. The van der Waals surface area contributed by atoms with E-state index in [4.69, 9.17) is 38.4 Å². The number of carbonyl (C=O) groups is 1. The summed E-state index contributed by atoms with van der Waals surface area (Å²) in [4.78, 5) is 13.2. The number of ether oxygens (including phenoxy) is 2. The van der Waals surface area contributed by atoms with Crippen LogP contribution in [0, 0.1) is 0 Å². The maximum Gasteiger partial charge on any atom is 0.255 e. The number of nitrogens with two attached hydrogens (primary N) is 1. The molecule has 3 N–H and O–H groups in total. The first-order chi connectivity index (χ1) is 11.1. The molecule has 0 spiro atoms. The van der Waals surface area contributed by atoms with Gasteiger partial charge in [0.25, 0.3) is 5.91 Å². The number of hydrogen-bond donors (Lipinski definition) is 2. The topological polar surface area (TPSA) is 76.8 Å². The lowest BCUT2D eigenvalue weighted by Gasteiger charge is -2.26. The first-order valence-corrected chi connectivity index (χ1v) is 8.21. The standard InChI is InChI=1S/C15H21Cl2N3O3.2ClH/c16-12-7-11(15(13(17)8-12)23-10-14(18)21)9-19-1-2-20-3-5-22-6-4-20;;/h7-8,19H,1-6,9-10H2,(H2,18,21);2*1H/p-2. The monoisotopic (exact) mass is 431 g/mol. The highest BCUT2D eigenvalue weighted by atomic mass is 35.5. The van der Waals surface area contributed by atoms with Crippen molar-refractivity contribution in [3.05, 3.63) is 27.7 Å². The number of nitrogens with one attached hydrogen (secondary N) is 1. The summed E-state index contributed by atoms with van der Waals surface area (Å²) >= 11 is 12.2. The molecule has 1 amide bonds. The first kappa shape index (κ1) is 24.5. The summed E-state index contributed by atoms with van der Waals surface area (Å²) in [6.07, 6.45) is 0. The fourth-order valence-corrected chi connectivity index (χ4v) is 2.93. The molecular formula is C15H21Cl4N3O3-2. The van der Waals surface area contributed by atoms with Crippen LogP contribution in [0.25, 0.3) is 0 Å². The quantitative estimate of drug-likeness (QED) is 0.403. The molecule has 1 heterocycles. The molecule has 0 bridgehead atoms. The van der Waals surface area contributed by atoms with Crippen molar-refractivity contribution in [3.8, 4) is 5.75 Å². The minimum Gasteiger partial charge on any atom is -1.00 e.